The Kier molecular flexibility index (Phi) is 3.61. The number of amides is 1. The Morgan fingerprint density at radius 3 is 2.65 bits per heavy atom. The third-order valence-corrected chi connectivity index (χ3v) is 3.22. The molecular weight excluding hydrogens is 296 g/mol. The average Bonchev–Trinajstić information content (AvgIpc) is 3.02. The second-order valence-electron chi connectivity index (χ2n) is 5.22. The second kappa shape index (κ2) is 5.59. The Morgan fingerprint density at radius 1 is 1.17 bits per heavy atom. The average molecular weight is 312 g/mol. The Bertz CT molecular complexity index is 920. The summed E-state index contributed by atoms with van der Waals surface area (Å²) in [7, 11) is 1.80. The van der Waals surface area contributed by atoms with Gasteiger partial charge in [-0.25, -0.2) is 14.9 Å². The predicted octanol–water partition coefficient (Wildman–Crippen LogP) is 0.547. The lowest BCUT2D eigenvalue weighted by atomic mass is 10.4. The zero-order valence-corrected chi connectivity index (χ0v) is 13.3. The zero-order chi connectivity index (χ0) is 16.6. The Hall–Kier alpha value is -3.10. The van der Waals surface area contributed by atoms with Crippen molar-refractivity contribution in [2.75, 3.05) is 0 Å². The van der Waals surface area contributed by atoms with Crippen LogP contribution < -0.4 is 5.43 Å². The molecule has 0 bridgehead atoms. The standard InChI is InChI=1S/C14H16N8O/c1-8-5-10(3)22-14(16-8)17-12(20-22)13(23)18-15-7-11-6-9(2)19-21(11)4/h5-7H,1-4H3,(H,18,23)/b15-7-. The van der Waals surface area contributed by atoms with Gasteiger partial charge in [-0.15, -0.1) is 5.10 Å². The van der Waals surface area contributed by atoms with Crippen molar-refractivity contribution in [2.24, 2.45) is 12.1 Å². The van der Waals surface area contributed by atoms with E-state index in [0.29, 0.717) is 5.78 Å². The fraction of sp³-hybridized carbons (Fsp3) is 0.286. The van der Waals surface area contributed by atoms with E-state index in [0.717, 1.165) is 22.8 Å². The number of carbonyl (C=O) groups excluding carboxylic acids is 1. The van der Waals surface area contributed by atoms with Crippen LogP contribution >= 0.6 is 0 Å². The van der Waals surface area contributed by atoms with Gasteiger partial charge in [0.2, 0.25) is 5.82 Å². The minimum absolute atomic E-state index is 0.0181. The summed E-state index contributed by atoms with van der Waals surface area (Å²) in [5.41, 5.74) is 5.73. The van der Waals surface area contributed by atoms with Crippen molar-refractivity contribution in [2.45, 2.75) is 20.8 Å². The molecule has 118 valence electrons. The van der Waals surface area contributed by atoms with E-state index in [1.54, 1.807) is 11.7 Å². The molecule has 3 aromatic rings. The van der Waals surface area contributed by atoms with Gasteiger partial charge in [-0.05, 0) is 32.9 Å². The Labute approximate surface area is 132 Å². The SMILES string of the molecule is Cc1cc(C)n2nc(C(=O)N/N=C\c3cc(C)nn3C)nc2n1. The molecule has 0 unspecified atom stereocenters. The van der Waals surface area contributed by atoms with Crippen molar-refractivity contribution in [3.8, 4) is 0 Å². The highest BCUT2D eigenvalue weighted by molar-refractivity contribution is 5.91. The van der Waals surface area contributed by atoms with Crippen LogP contribution in [0.25, 0.3) is 5.78 Å². The molecule has 0 saturated heterocycles. The summed E-state index contributed by atoms with van der Waals surface area (Å²) >= 11 is 0. The Morgan fingerprint density at radius 2 is 1.96 bits per heavy atom. The monoisotopic (exact) mass is 312 g/mol. The summed E-state index contributed by atoms with van der Waals surface area (Å²) < 4.78 is 3.19. The summed E-state index contributed by atoms with van der Waals surface area (Å²) in [5.74, 6) is -0.0916. The van der Waals surface area contributed by atoms with Crippen molar-refractivity contribution < 1.29 is 4.79 Å². The molecule has 1 N–H and O–H groups in total. The molecule has 0 radical (unpaired) electrons. The molecule has 0 aliphatic rings. The van der Waals surface area contributed by atoms with E-state index in [2.05, 4.69) is 30.7 Å². The number of hydrogen-bond acceptors (Lipinski definition) is 6. The van der Waals surface area contributed by atoms with E-state index in [4.69, 9.17) is 0 Å². The topological polar surface area (TPSA) is 102 Å². The molecule has 3 heterocycles. The quantitative estimate of drug-likeness (QED) is 0.562. The van der Waals surface area contributed by atoms with E-state index in [1.807, 2.05) is 32.9 Å². The summed E-state index contributed by atoms with van der Waals surface area (Å²) in [6, 6.07) is 3.72. The van der Waals surface area contributed by atoms with Crippen LogP contribution in [0.1, 0.15) is 33.4 Å². The molecule has 23 heavy (non-hydrogen) atoms. The lowest BCUT2D eigenvalue weighted by Crippen LogP contribution is -2.19. The van der Waals surface area contributed by atoms with Crippen LogP contribution in [0.15, 0.2) is 17.2 Å². The van der Waals surface area contributed by atoms with Crippen LogP contribution in [0.3, 0.4) is 0 Å². The van der Waals surface area contributed by atoms with Gasteiger partial charge in [-0.1, -0.05) is 0 Å². The van der Waals surface area contributed by atoms with Gasteiger partial charge in [-0.3, -0.25) is 9.48 Å². The summed E-state index contributed by atoms with van der Waals surface area (Å²) in [5, 5.41) is 12.2. The first-order chi connectivity index (χ1) is 10.9. The molecular formula is C14H16N8O. The van der Waals surface area contributed by atoms with Gasteiger partial charge in [0.15, 0.2) is 0 Å². The van der Waals surface area contributed by atoms with Crippen molar-refractivity contribution in [1.29, 1.82) is 0 Å². The molecule has 0 spiro atoms. The van der Waals surface area contributed by atoms with Crippen LogP contribution in [-0.2, 0) is 7.05 Å². The number of nitrogens with one attached hydrogen (secondary N) is 1. The molecule has 0 aromatic carbocycles. The first-order valence-corrected chi connectivity index (χ1v) is 6.99. The fourth-order valence-corrected chi connectivity index (χ4v) is 2.22. The van der Waals surface area contributed by atoms with E-state index in [-0.39, 0.29) is 5.82 Å². The number of aryl methyl sites for hydroxylation is 4. The number of hydrogen-bond donors (Lipinski definition) is 1. The third kappa shape index (κ3) is 2.93. The molecule has 0 atom stereocenters. The molecule has 0 aliphatic heterocycles. The van der Waals surface area contributed by atoms with Gasteiger partial charge in [0.1, 0.15) is 0 Å². The highest BCUT2D eigenvalue weighted by atomic mass is 16.2. The van der Waals surface area contributed by atoms with Crippen LogP contribution in [-0.4, -0.2) is 41.5 Å². The normalized spacial score (nSPS) is 11.5. The molecule has 1 amide bonds. The van der Waals surface area contributed by atoms with Crippen molar-refractivity contribution in [1.82, 2.24) is 34.8 Å². The van der Waals surface area contributed by atoms with Crippen molar-refractivity contribution in [3.05, 3.63) is 40.7 Å². The first-order valence-electron chi connectivity index (χ1n) is 6.99. The zero-order valence-electron chi connectivity index (χ0n) is 13.3. The minimum Gasteiger partial charge on any atom is -0.267 e. The number of hydrazone groups is 1. The lowest BCUT2D eigenvalue weighted by Gasteiger charge is -1.97. The maximum absolute atomic E-state index is 12.1. The van der Waals surface area contributed by atoms with Gasteiger partial charge in [0.25, 0.3) is 5.78 Å². The molecule has 3 aromatic heterocycles. The molecule has 0 aliphatic carbocycles. The van der Waals surface area contributed by atoms with Crippen LogP contribution in [0.2, 0.25) is 0 Å². The van der Waals surface area contributed by atoms with Gasteiger partial charge in [0, 0.05) is 18.4 Å². The summed E-state index contributed by atoms with van der Waals surface area (Å²) in [6.07, 6.45) is 1.52. The molecule has 9 nitrogen and oxygen atoms in total. The van der Waals surface area contributed by atoms with Crippen LogP contribution in [0, 0.1) is 20.8 Å². The van der Waals surface area contributed by atoms with E-state index in [9.17, 15) is 4.79 Å². The smallest absolute Gasteiger partial charge is 0.267 e. The molecule has 0 saturated carbocycles. The third-order valence-electron chi connectivity index (χ3n) is 3.22. The van der Waals surface area contributed by atoms with Crippen LogP contribution in [0.4, 0.5) is 0 Å². The van der Waals surface area contributed by atoms with E-state index < -0.39 is 5.91 Å². The van der Waals surface area contributed by atoms with Gasteiger partial charge >= 0.3 is 5.91 Å². The second-order valence-corrected chi connectivity index (χ2v) is 5.22. The van der Waals surface area contributed by atoms with E-state index >= 15 is 0 Å². The fourth-order valence-electron chi connectivity index (χ4n) is 2.22. The summed E-state index contributed by atoms with van der Waals surface area (Å²) in [6.45, 7) is 5.62. The minimum atomic E-state index is -0.498. The number of carbonyl (C=O) groups is 1. The molecule has 0 fully saturated rings. The maximum atomic E-state index is 12.1. The van der Waals surface area contributed by atoms with Crippen LogP contribution in [0.5, 0.6) is 0 Å². The molecule has 3 rings (SSSR count). The largest absolute Gasteiger partial charge is 0.311 e. The predicted molar refractivity (Wildman–Crippen MR) is 83.3 cm³/mol. The number of aromatic nitrogens is 6. The maximum Gasteiger partial charge on any atom is 0.311 e. The molecule has 9 heteroatoms. The van der Waals surface area contributed by atoms with Crippen molar-refractivity contribution in [3.63, 3.8) is 0 Å². The highest BCUT2D eigenvalue weighted by Crippen LogP contribution is 2.05. The number of rotatable bonds is 3. The van der Waals surface area contributed by atoms with Crippen molar-refractivity contribution >= 4 is 17.9 Å². The van der Waals surface area contributed by atoms with Gasteiger partial charge in [0.05, 0.1) is 17.6 Å². The highest BCUT2D eigenvalue weighted by Gasteiger charge is 2.14. The summed E-state index contributed by atoms with van der Waals surface area (Å²) in [4.78, 5) is 20.4. The Balaban J connectivity index is 1.78. The van der Waals surface area contributed by atoms with Gasteiger partial charge < -0.3 is 0 Å². The number of fused-ring (bicyclic) bond motifs is 1. The first kappa shape index (κ1) is 14.8. The lowest BCUT2D eigenvalue weighted by molar-refractivity contribution is 0.0945. The number of nitrogens with zero attached hydrogens (tertiary/aromatic N) is 7. The van der Waals surface area contributed by atoms with Gasteiger partial charge in [-0.2, -0.15) is 15.2 Å². The van der Waals surface area contributed by atoms with E-state index in [1.165, 1.54) is 10.7 Å².